The third-order valence-electron chi connectivity index (χ3n) is 1.03. The summed E-state index contributed by atoms with van der Waals surface area (Å²) in [6, 6.07) is 1.39. The van der Waals surface area contributed by atoms with Crippen molar-refractivity contribution in [3.8, 4) is 0 Å². The van der Waals surface area contributed by atoms with Gasteiger partial charge in [0.2, 0.25) is 0 Å². The summed E-state index contributed by atoms with van der Waals surface area (Å²) in [6.45, 7) is 0.367. The normalized spacial score (nSPS) is 9.70. The lowest BCUT2D eigenvalue weighted by Gasteiger charge is -2.01. The van der Waals surface area contributed by atoms with Crippen molar-refractivity contribution in [3.63, 3.8) is 0 Å². The quantitative estimate of drug-likeness (QED) is 0.493. The maximum absolute atomic E-state index is 10.7. The standard InChI is InChI=1S/C5H9N3O2/c9-4-3-7-8-5(10)1-2-6-8/h1-2,6-7,9H,3-4H2. The highest BCUT2D eigenvalue weighted by atomic mass is 16.3. The van der Waals surface area contributed by atoms with Crippen LogP contribution in [0.4, 0.5) is 0 Å². The van der Waals surface area contributed by atoms with Crippen molar-refractivity contribution in [2.24, 2.45) is 0 Å². The number of aliphatic hydroxyl groups excluding tert-OH is 1. The van der Waals surface area contributed by atoms with Crippen molar-refractivity contribution in [3.05, 3.63) is 22.6 Å². The first kappa shape index (κ1) is 6.88. The second kappa shape index (κ2) is 3.07. The topological polar surface area (TPSA) is 70.0 Å². The summed E-state index contributed by atoms with van der Waals surface area (Å²) in [5.74, 6) is 0. The van der Waals surface area contributed by atoms with E-state index in [0.717, 1.165) is 0 Å². The van der Waals surface area contributed by atoms with Gasteiger partial charge in [0.25, 0.3) is 5.56 Å². The number of aromatic nitrogens is 2. The van der Waals surface area contributed by atoms with Gasteiger partial charge in [-0.25, -0.2) is 0 Å². The lowest BCUT2D eigenvalue weighted by Crippen LogP contribution is -2.28. The monoisotopic (exact) mass is 143 g/mol. The van der Waals surface area contributed by atoms with Crippen LogP contribution in [0.1, 0.15) is 0 Å². The Balaban J connectivity index is 2.57. The van der Waals surface area contributed by atoms with E-state index >= 15 is 0 Å². The van der Waals surface area contributed by atoms with Gasteiger partial charge >= 0.3 is 0 Å². The van der Waals surface area contributed by atoms with Gasteiger partial charge in [-0.15, -0.1) is 0 Å². The molecular formula is C5H9N3O2. The zero-order valence-corrected chi connectivity index (χ0v) is 5.37. The summed E-state index contributed by atoms with van der Waals surface area (Å²) in [5, 5.41) is 11.0. The Hall–Kier alpha value is -1.23. The molecule has 5 nitrogen and oxygen atoms in total. The molecule has 0 atom stereocenters. The van der Waals surface area contributed by atoms with Gasteiger partial charge in [0.1, 0.15) is 0 Å². The van der Waals surface area contributed by atoms with Crippen LogP contribution < -0.4 is 11.0 Å². The SMILES string of the molecule is O=c1cc[nH]n1NCCO. The van der Waals surface area contributed by atoms with E-state index in [4.69, 9.17) is 5.11 Å². The Morgan fingerprint density at radius 3 is 3.10 bits per heavy atom. The van der Waals surface area contributed by atoms with Crippen molar-refractivity contribution < 1.29 is 5.11 Å². The summed E-state index contributed by atoms with van der Waals surface area (Å²) in [5.41, 5.74) is 2.48. The summed E-state index contributed by atoms with van der Waals surface area (Å²) in [7, 11) is 0. The molecule has 0 aliphatic rings. The van der Waals surface area contributed by atoms with E-state index in [9.17, 15) is 4.79 Å². The molecule has 0 radical (unpaired) electrons. The van der Waals surface area contributed by atoms with Crippen LogP contribution in [0, 0.1) is 0 Å². The van der Waals surface area contributed by atoms with E-state index in [1.54, 1.807) is 0 Å². The average molecular weight is 143 g/mol. The van der Waals surface area contributed by atoms with Crippen LogP contribution in [0.25, 0.3) is 0 Å². The molecular weight excluding hydrogens is 134 g/mol. The lowest BCUT2D eigenvalue weighted by atomic mass is 10.7. The Kier molecular flexibility index (Phi) is 2.11. The first-order valence-electron chi connectivity index (χ1n) is 2.96. The first-order valence-corrected chi connectivity index (χ1v) is 2.96. The number of rotatable bonds is 3. The lowest BCUT2D eigenvalue weighted by molar-refractivity contribution is 0.305. The molecule has 56 valence electrons. The van der Waals surface area contributed by atoms with E-state index in [0.29, 0.717) is 6.54 Å². The molecule has 0 amide bonds. The molecule has 1 aromatic heterocycles. The van der Waals surface area contributed by atoms with Crippen LogP contribution in [0.15, 0.2) is 17.1 Å². The minimum absolute atomic E-state index is 0.00542. The van der Waals surface area contributed by atoms with Gasteiger partial charge in [-0.2, -0.15) is 4.79 Å². The predicted molar refractivity (Wildman–Crippen MR) is 36.4 cm³/mol. The van der Waals surface area contributed by atoms with E-state index in [2.05, 4.69) is 10.5 Å². The molecule has 0 aliphatic carbocycles. The highest BCUT2D eigenvalue weighted by Crippen LogP contribution is 1.67. The third-order valence-corrected chi connectivity index (χ3v) is 1.03. The Labute approximate surface area is 57.2 Å². The van der Waals surface area contributed by atoms with Gasteiger partial charge in [-0.1, -0.05) is 0 Å². The Morgan fingerprint density at radius 2 is 2.60 bits per heavy atom. The predicted octanol–water partition coefficient (Wildman–Crippen LogP) is -1.29. The zero-order valence-electron chi connectivity index (χ0n) is 5.37. The molecule has 0 aliphatic heterocycles. The fourth-order valence-electron chi connectivity index (χ4n) is 0.607. The van der Waals surface area contributed by atoms with E-state index < -0.39 is 0 Å². The second-order valence-electron chi connectivity index (χ2n) is 1.77. The molecule has 3 N–H and O–H groups in total. The molecule has 1 rings (SSSR count). The van der Waals surface area contributed by atoms with Crippen molar-refractivity contribution in [2.45, 2.75) is 0 Å². The number of aromatic amines is 1. The second-order valence-corrected chi connectivity index (χ2v) is 1.77. The van der Waals surface area contributed by atoms with Crippen LogP contribution in [0.3, 0.4) is 0 Å². The molecule has 10 heavy (non-hydrogen) atoms. The molecule has 0 spiro atoms. The van der Waals surface area contributed by atoms with Crippen LogP contribution in [-0.2, 0) is 0 Å². The number of hydrogen-bond acceptors (Lipinski definition) is 3. The highest BCUT2D eigenvalue weighted by Gasteiger charge is 1.90. The molecule has 0 saturated heterocycles. The van der Waals surface area contributed by atoms with Crippen molar-refractivity contribution in [2.75, 3.05) is 18.6 Å². The molecule has 0 bridgehead atoms. The Bertz CT molecular complexity index is 239. The van der Waals surface area contributed by atoms with E-state index in [1.165, 1.54) is 17.1 Å². The van der Waals surface area contributed by atoms with Crippen molar-refractivity contribution in [1.82, 2.24) is 9.89 Å². The van der Waals surface area contributed by atoms with Gasteiger partial charge in [0.05, 0.1) is 13.2 Å². The van der Waals surface area contributed by atoms with Crippen molar-refractivity contribution >= 4 is 0 Å². The largest absolute Gasteiger partial charge is 0.394 e. The average Bonchev–Trinajstić information content (AvgIpc) is 2.31. The van der Waals surface area contributed by atoms with Crippen LogP contribution in [-0.4, -0.2) is 28.1 Å². The number of aliphatic hydroxyl groups is 1. The zero-order chi connectivity index (χ0) is 7.40. The smallest absolute Gasteiger partial charge is 0.285 e. The van der Waals surface area contributed by atoms with Gasteiger partial charge in [0.15, 0.2) is 0 Å². The summed E-state index contributed by atoms with van der Waals surface area (Å²) < 4.78 is 0. The van der Waals surface area contributed by atoms with Crippen LogP contribution >= 0.6 is 0 Å². The first-order chi connectivity index (χ1) is 4.84. The maximum Gasteiger partial charge on any atom is 0.285 e. The Morgan fingerprint density at radius 1 is 1.80 bits per heavy atom. The third kappa shape index (κ3) is 1.38. The van der Waals surface area contributed by atoms with Crippen LogP contribution in [0.2, 0.25) is 0 Å². The molecule has 0 unspecified atom stereocenters. The van der Waals surface area contributed by atoms with Gasteiger partial charge in [-0.05, 0) is 0 Å². The minimum atomic E-state index is -0.159. The number of nitrogens with one attached hydrogen (secondary N) is 2. The fourth-order valence-corrected chi connectivity index (χ4v) is 0.607. The fraction of sp³-hybridized carbons (Fsp3) is 0.400. The van der Waals surface area contributed by atoms with E-state index in [1.807, 2.05) is 0 Å². The molecule has 1 aromatic rings. The number of hydrogen-bond donors (Lipinski definition) is 3. The molecule has 0 fully saturated rings. The molecule has 0 saturated carbocycles. The number of H-pyrrole nitrogens is 1. The van der Waals surface area contributed by atoms with Crippen molar-refractivity contribution in [1.29, 1.82) is 0 Å². The van der Waals surface area contributed by atoms with Gasteiger partial charge < -0.3 is 10.5 Å². The summed E-state index contributed by atoms with van der Waals surface area (Å²) in [6.07, 6.45) is 1.52. The van der Waals surface area contributed by atoms with Gasteiger partial charge in [0, 0.05) is 12.3 Å². The minimum Gasteiger partial charge on any atom is -0.394 e. The van der Waals surface area contributed by atoms with Crippen LogP contribution in [0.5, 0.6) is 0 Å². The maximum atomic E-state index is 10.7. The summed E-state index contributed by atoms with van der Waals surface area (Å²) in [4.78, 5) is 11.9. The molecule has 5 heteroatoms. The number of nitrogens with zero attached hydrogens (tertiary/aromatic N) is 1. The highest BCUT2D eigenvalue weighted by molar-refractivity contribution is 4.82. The summed E-state index contributed by atoms with van der Waals surface area (Å²) >= 11 is 0. The molecule has 1 heterocycles. The van der Waals surface area contributed by atoms with E-state index in [-0.39, 0.29) is 12.2 Å². The molecule has 0 aromatic carbocycles. The van der Waals surface area contributed by atoms with Gasteiger partial charge in [-0.3, -0.25) is 9.89 Å².